The molecule has 1 aliphatic rings. The summed E-state index contributed by atoms with van der Waals surface area (Å²) in [5, 5.41) is 1.97. The van der Waals surface area contributed by atoms with Crippen molar-refractivity contribution in [3.8, 4) is 0 Å². The molecular weight excluding hydrogens is 408 g/mol. The van der Waals surface area contributed by atoms with Gasteiger partial charge in [0.05, 0.1) is 23.1 Å². The minimum absolute atomic E-state index is 0.0176. The number of halogens is 4. The van der Waals surface area contributed by atoms with Gasteiger partial charge in [-0.25, -0.2) is 22.5 Å². The Bertz CT molecular complexity index is 1250. The number of hydrogen-bond acceptors (Lipinski definition) is 4. The molecule has 0 radical (unpaired) electrons. The molecule has 3 amide bonds. The largest absolute Gasteiger partial charge is 0.459 e. The van der Waals surface area contributed by atoms with E-state index < -0.39 is 63.5 Å². The van der Waals surface area contributed by atoms with E-state index in [2.05, 4.69) is 0 Å². The molecule has 3 aromatic rings. The highest BCUT2D eigenvalue weighted by Gasteiger charge is 2.42. The third-order valence-corrected chi connectivity index (χ3v) is 4.54. The summed E-state index contributed by atoms with van der Waals surface area (Å²) in [7, 11) is 0. The lowest BCUT2D eigenvalue weighted by Crippen LogP contribution is -2.32. The average molecular weight is 418 g/mol. The van der Waals surface area contributed by atoms with Crippen LogP contribution in [0.2, 0.25) is 0 Å². The van der Waals surface area contributed by atoms with Gasteiger partial charge in [-0.1, -0.05) is 6.07 Å². The zero-order chi connectivity index (χ0) is 21.7. The Labute approximate surface area is 165 Å². The van der Waals surface area contributed by atoms with Crippen molar-refractivity contribution in [2.75, 3.05) is 10.2 Å². The van der Waals surface area contributed by atoms with Crippen molar-refractivity contribution in [2.45, 2.75) is 6.92 Å². The minimum atomic E-state index is -1.91. The van der Waals surface area contributed by atoms with E-state index in [1.54, 1.807) is 0 Å². The normalized spacial score (nSPS) is 13.0. The van der Waals surface area contributed by atoms with Gasteiger partial charge < -0.3 is 9.73 Å². The molecule has 0 saturated heterocycles. The van der Waals surface area contributed by atoms with Crippen molar-refractivity contribution in [3.05, 3.63) is 82.3 Å². The van der Waals surface area contributed by atoms with Crippen LogP contribution in [0.25, 0.3) is 0 Å². The molecule has 0 unspecified atom stereocenters. The fraction of sp³-hybridized carbons (Fsp3) is 0.0500. The fourth-order valence-corrected chi connectivity index (χ4v) is 3.11. The minimum Gasteiger partial charge on any atom is -0.459 e. The zero-order valence-corrected chi connectivity index (χ0v) is 15.1. The van der Waals surface area contributed by atoms with E-state index in [9.17, 15) is 31.9 Å². The summed E-state index contributed by atoms with van der Waals surface area (Å²) in [6.45, 7) is 1.53. The lowest BCUT2D eigenvalue weighted by atomic mass is 10.1. The number of benzene rings is 2. The number of imide groups is 1. The Balaban J connectivity index is 1.75. The summed E-state index contributed by atoms with van der Waals surface area (Å²) in [6.07, 6.45) is 1.20. The van der Waals surface area contributed by atoms with Gasteiger partial charge in [-0.05, 0) is 25.1 Å². The molecule has 10 heteroatoms. The predicted molar refractivity (Wildman–Crippen MR) is 95.3 cm³/mol. The van der Waals surface area contributed by atoms with Gasteiger partial charge in [0, 0.05) is 11.6 Å². The molecule has 1 aliphatic heterocycles. The molecule has 4 rings (SSSR count). The van der Waals surface area contributed by atoms with Crippen LogP contribution in [0.1, 0.15) is 36.8 Å². The first kappa shape index (κ1) is 19.4. The molecule has 0 aliphatic carbocycles. The van der Waals surface area contributed by atoms with Gasteiger partial charge in [0.25, 0.3) is 17.7 Å². The van der Waals surface area contributed by atoms with Gasteiger partial charge in [0.2, 0.25) is 0 Å². The quantitative estimate of drug-likeness (QED) is 0.393. The Kier molecular flexibility index (Phi) is 4.41. The molecule has 1 N–H and O–H groups in total. The van der Waals surface area contributed by atoms with Crippen molar-refractivity contribution < 1.29 is 36.4 Å². The van der Waals surface area contributed by atoms with Gasteiger partial charge in [-0.15, -0.1) is 0 Å². The maximum Gasteiger partial charge on any atom is 0.291 e. The first-order valence-electron chi connectivity index (χ1n) is 8.42. The molecule has 0 spiro atoms. The summed E-state index contributed by atoms with van der Waals surface area (Å²) in [5.41, 5.74) is -2.88. The van der Waals surface area contributed by atoms with Crippen molar-refractivity contribution in [1.29, 1.82) is 0 Å². The number of aryl methyl sites for hydroxylation is 1. The molecule has 0 fully saturated rings. The maximum atomic E-state index is 14.7. The lowest BCUT2D eigenvalue weighted by molar-refractivity contribution is 0.0920. The Morgan fingerprint density at radius 3 is 2.37 bits per heavy atom. The number of carbonyl (C=O) groups is 3. The van der Waals surface area contributed by atoms with Gasteiger partial charge in [0.15, 0.2) is 23.2 Å². The molecule has 152 valence electrons. The Hall–Kier alpha value is -3.95. The molecule has 0 bridgehead atoms. The molecule has 2 heterocycles. The number of anilines is 2. The number of furan rings is 1. The molecular formula is C20H10F4N2O4. The topological polar surface area (TPSA) is 79.6 Å². The summed E-state index contributed by atoms with van der Waals surface area (Å²) < 4.78 is 62.8. The van der Waals surface area contributed by atoms with Gasteiger partial charge in [-0.3, -0.25) is 14.4 Å². The Morgan fingerprint density at radius 2 is 1.73 bits per heavy atom. The van der Waals surface area contributed by atoms with E-state index in [-0.39, 0.29) is 10.7 Å². The highest BCUT2D eigenvalue weighted by molar-refractivity contribution is 6.34. The first-order valence-corrected chi connectivity index (χ1v) is 8.42. The van der Waals surface area contributed by atoms with Gasteiger partial charge >= 0.3 is 0 Å². The van der Waals surface area contributed by atoms with Gasteiger partial charge in [-0.2, -0.15) is 0 Å². The monoisotopic (exact) mass is 418 g/mol. The zero-order valence-electron chi connectivity index (χ0n) is 15.1. The second kappa shape index (κ2) is 6.83. The summed E-state index contributed by atoms with van der Waals surface area (Å²) in [5.74, 6) is -9.93. The van der Waals surface area contributed by atoms with Gasteiger partial charge in [0.1, 0.15) is 11.5 Å². The third kappa shape index (κ3) is 2.76. The number of nitrogens with one attached hydrogen (secondary N) is 1. The van der Waals surface area contributed by atoms with Crippen molar-refractivity contribution in [1.82, 2.24) is 0 Å². The fourth-order valence-electron chi connectivity index (χ4n) is 3.11. The van der Waals surface area contributed by atoms with Crippen LogP contribution in [-0.2, 0) is 0 Å². The van der Waals surface area contributed by atoms with Crippen LogP contribution in [0.4, 0.5) is 28.9 Å². The first-order chi connectivity index (χ1) is 14.2. The highest BCUT2D eigenvalue weighted by Crippen LogP contribution is 2.36. The maximum absolute atomic E-state index is 14.7. The van der Waals surface area contributed by atoms with Crippen molar-refractivity contribution >= 4 is 29.1 Å². The summed E-state index contributed by atoms with van der Waals surface area (Å²) in [6, 6.07) is 5.01. The molecule has 2 aromatic carbocycles. The second-order valence-electron chi connectivity index (χ2n) is 6.38. The highest BCUT2D eigenvalue weighted by atomic mass is 19.2. The van der Waals surface area contributed by atoms with Crippen LogP contribution in [0, 0.1) is 30.2 Å². The number of nitrogens with zero attached hydrogens (tertiary/aromatic N) is 1. The van der Waals surface area contributed by atoms with Crippen molar-refractivity contribution in [3.63, 3.8) is 0 Å². The third-order valence-electron chi connectivity index (χ3n) is 4.54. The van der Waals surface area contributed by atoms with Crippen LogP contribution in [0.15, 0.2) is 41.0 Å². The smallest absolute Gasteiger partial charge is 0.291 e. The molecule has 30 heavy (non-hydrogen) atoms. The number of fused-ring (bicyclic) bond motifs is 1. The number of carbonyl (C=O) groups excluding carboxylic acids is 3. The molecule has 0 atom stereocenters. The SMILES string of the molecule is Cc1ccoc1C(=O)Nc1cc(F)c(N2C(=O)c3cccc(F)c3C2=O)c(F)c1F. The van der Waals surface area contributed by atoms with E-state index in [0.29, 0.717) is 11.6 Å². The molecule has 6 nitrogen and oxygen atoms in total. The number of rotatable bonds is 3. The van der Waals surface area contributed by atoms with E-state index in [4.69, 9.17) is 4.42 Å². The average Bonchev–Trinajstić information content (AvgIpc) is 3.23. The Morgan fingerprint density at radius 1 is 1.00 bits per heavy atom. The van der Waals surface area contributed by atoms with Crippen LogP contribution in [0.5, 0.6) is 0 Å². The van der Waals surface area contributed by atoms with Crippen LogP contribution in [0.3, 0.4) is 0 Å². The standard InChI is InChI=1S/C20H10F4N2O4/c1-8-5-6-30-17(8)18(27)25-12-7-11(22)16(15(24)14(12)23)26-19(28)9-3-2-4-10(21)13(9)20(26)29/h2-7H,1H3,(H,25,27). The van der Waals surface area contributed by atoms with E-state index in [1.165, 1.54) is 19.3 Å². The van der Waals surface area contributed by atoms with Crippen LogP contribution >= 0.6 is 0 Å². The summed E-state index contributed by atoms with van der Waals surface area (Å²) >= 11 is 0. The molecule has 0 saturated carbocycles. The van der Waals surface area contributed by atoms with Crippen LogP contribution in [-0.4, -0.2) is 17.7 Å². The van der Waals surface area contributed by atoms with E-state index >= 15 is 0 Å². The van der Waals surface area contributed by atoms with E-state index in [1.807, 2.05) is 5.32 Å². The van der Waals surface area contributed by atoms with Crippen molar-refractivity contribution in [2.24, 2.45) is 0 Å². The lowest BCUT2D eigenvalue weighted by Gasteiger charge is -2.17. The van der Waals surface area contributed by atoms with Crippen LogP contribution < -0.4 is 10.2 Å². The molecule has 1 aromatic heterocycles. The number of hydrogen-bond donors (Lipinski definition) is 1. The van der Waals surface area contributed by atoms with E-state index in [0.717, 1.165) is 18.2 Å². The summed E-state index contributed by atoms with van der Waals surface area (Å²) in [4.78, 5) is 37.0. The predicted octanol–water partition coefficient (Wildman–Crippen LogP) is 4.20. The second-order valence-corrected chi connectivity index (χ2v) is 6.38. The number of amides is 3.